The molecule has 34 nitrogen and oxygen atoms in total. The Morgan fingerprint density at radius 1 is 0.122 bits per heavy atom. The normalized spacial score (nSPS) is 0. The Kier molecular flexibility index (Phi) is 1360000. The van der Waals surface area contributed by atoms with Crippen LogP contribution in [0.15, 0.2) is 0 Å². The van der Waals surface area contributed by atoms with Gasteiger partial charge in [0.25, 0.3) is 0 Å². The van der Waals surface area contributed by atoms with Crippen molar-refractivity contribution in [2.45, 2.75) is 0 Å². The zero-order chi connectivity index (χ0) is 0. The molecule has 0 radical (unpaired) electrons. The molecule has 41 heteroatoms. The van der Waals surface area contributed by atoms with Gasteiger partial charge in [-0.3, -0.25) is 0 Å². The van der Waals surface area contributed by atoms with Gasteiger partial charge in [0.05, 0.1) is 0 Å². The molecule has 0 amide bonds. The maximum absolute atomic E-state index is 0. The molecule has 26 N–H and O–H groups in total. The molecule has 0 aliphatic heterocycles. The van der Waals surface area contributed by atoms with Crippen molar-refractivity contribution in [1.82, 2.24) is 18.5 Å². The zero-order valence-corrected chi connectivity index (χ0v) is 32.2. The fourth-order valence-corrected chi connectivity index (χ4v) is 0. The molecule has 0 unspecified atom stereocenters. The fourth-order valence-electron chi connectivity index (χ4n) is 0. The molecule has 0 aromatic rings. The van der Waals surface area contributed by atoms with Crippen LogP contribution in [-0.2, 0) is 275 Å². The monoisotopic (exact) mass is 1210 g/mol. The van der Waals surface area contributed by atoms with Gasteiger partial charge in [-0.15, -0.1) is 0 Å². The predicted octanol–water partition coefficient (Wildman–Crippen LogP) is -7.51. The van der Waals surface area contributed by atoms with Crippen LogP contribution in [-0.4, -0.2) is 38.3 Å². The Morgan fingerprint density at radius 3 is 0.122 bits per heavy atom. The number of rotatable bonds is 0. The van der Waals surface area contributed by atoms with Crippen LogP contribution in [0.1, 0.15) is 0 Å². The summed E-state index contributed by atoms with van der Waals surface area (Å²) in [5.41, 5.74) is 0. The molecule has 0 saturated heterocycles. The second-order valence-corrected chi connectivity index (χ2v) is 0. The minimum absolute atomic E-state index is 0. The molecule has 0 saturated carbocycles. The predicted molar refractivity (Wildman–Crippen MR) is 59.7 cm³/mol. The molecule has 0 aromatic heterocycles. The topological polar surface area (TPSA) is 1010 Å². The molecular formula is H26CoMo6N3O31-42. The summed E-state index contributed by atoms with van der Waals surface area (Å²) in [4.78, 5) is 0. The van der Waals surface area contributed by atoms with Gasteiger partial charge in [0.1, 0.15) is 0 Å². The number of quaternary nitrogens is 3. The van der Waals surface area contributed by atoms with Gasteiger partial charge in [0.15, 0.2) is 0 Å². The fraction of sp³-hybridized carbons (Fsp3) is 0. The molecule has 0 rings (SSSR count). The summed E-state index contributed by atoms with van der Waals surface area (Å²) in [6.07, 6.45) is 0. The van der Waals surface area contributed by atoms with E-state index in [-0.39, 0.29) is 331 Å². The molecule has 0 spiro atoms. The Morgan fingerprint density at radius 2 is 0.122 bits per heavy atom. The van der Waals surface area contributed by atoms with Gasteiger partial charge in [-0.1, -0.05) is 0 Å². The van der Waals surface area contributed by atoms with Gasteiger partial charge >= 0.3 is 16.8 Å². The van der Waals surface area contributed by atoms with Crippen molar-refractivity contribution in [2.24, 2.45) is 0 Å². The minimum atomic E-state index is 0. The molecule has 0 aliphatic carbocycles. The van der Waals surface area contributed by atoms with E-state index in [1.807, 2.05) is 0 Å². The summed E-state index contributed by atoms with van der Waals surface area (Å²) in [6.45, 7) is 0. The van der Waals surface area contributed by atoms with Gasteiger partial charge in [0.2, 0.25) is 0 Å². The quantitative estimate of drug-likeness (QED) is 0.191. The first kappa shape index (κ1) is 7720. The summed E-state index contributed by atoms with van der Waals surface area (Å²) in [5, 5.41) is 0. The average Bonchev–Trinajstić information content (AvgIpc) is 0. The summed E-state index contributed by atoms with van der Waals surface area (Å²) < 4.78 is 0. The van der Waals surface area contributed by atoms with E-state index >= 15 is 0 Å². The van der Waals surface area contributed by atoms with Crippen LogP contribution < -0.4 is 18.5 Å². The summed E-state index contributed by atoms with van der Waals surface area (Å²) in [5.74, 6) is 0. The second-order valence-electron chi connectivity index (χ2n) is 0. The largest absolute Gasteiger partial charge is 3.00 e. The smallest absolute Gasteiger partial charge is 2.00 e. The number of hydrogen-bond acceptors (Lipinski definition) is 0. The van der Waals surface area contributed by atoms with Crippen LogP contribution in [0.2, 0.25) is 0 Å². The second kappa shape index (κ2) is 7210. The molecule has 0 bridgehead atoms. The van der Waals surface area contributed by atoms with Crippen LogP contribution >= 0.6 is 0 Å². The van der Waals surface area contributed by atoms with Crippen molar-refractivity contribution in [2.75, 3.05) is 0 Å². The van der Waals surface area contributed by atoms with Crippen molar-refractivity contribution in [3.63, 3.8) is 0 Å². The minimum Gasteiger partial charge on any atom is -2.00 e. The standard InChI is InChI=1S/Co.6Mo.3H3N.7H2O.24O/h;;;;;;;3*1H3;7*1H2;;;;;;;;;;;;;;;;;;;;;;;;/q+3;;;;;;;;;;;;;;;;;24*-2/p+3. The van der Waals surface area contributed by atoms with E-state index in [1.165, 1.54) is 0 Å². The van der Waals surface area contributed by atoms with Crippen molar-refractivity contribution in [3.8, 4) is 0 Å². The van der Waals surface area contributed by atoms with Gasteiger partial charge in [0, 0.05) is 126 Å². The SMILES string of the molecule is O.O.O.O.O.O.O.[Co+3].[Mo].[Mo].[Mo].[Mo].[Mo].[Mo].[NH4+].[NH4+].[NH4+].[O-2].[O-2].[O-2].[O-2].[O-2].[O-2].[O-2].[O-2].[O-2].[O-2].[O-2].[O-2].[O-2].[O-2].[O-2].[O-2].[O-2].[O-2].[O-2].[O-2].[O-2].[O-2].[O-2].[O-2]. The van der Waals surface area contributed by atoms with Crippen molar-refractivity contribution in [3.05, 3.63) is 0 Å². The Hall–Kier alpha value is 3.28. The third-order valence-corrected chi connectivity index (χ3v) is 0. The van der Waals surface area contributed by atoms with E-state index in [2.05, 4.69) is 0 Å². The molecule has 0 aliphatic rings. The summed E-state index contributed by atoms with van der Waals surface area (Å²) >= 11 is 0. The molecule has 0 heterocycles. The zero-order valence-electron chi connectivity index (χ0n) is 19.1. The molecule has 314 valence electrons. The van der Waals surface area contributed by atoms with E-state index in [0.717, 1.165) is 0 Å². The average molecular weight is 1200 g/mol. The summed E-state index contributed by atoms with van der Waals surface area (Å²) in [7, 11) is 0. The van der Waals surface area contributed by atoms with Gasteiger partial charge in [-0.25, -0.2) is 0 Å². The van der Waals surface area contributed by atoms with Crippen molar-refractivity contribution in [1.29, 1.82) is 0 Å². The van der Waals surface area contributed by atoms with Crippen molar-refractivity contribution >= 4 is 0 Å². The third-order valence-electron chi connectivity index (χ3n) is 0. The van der Waals surface area contributed by atoms with E-state index in [9.17, 15) is 0 Å². The van der Waals surface area contributed by atoms with Crippen LogP contribution in [0.5, 0.6) is 0 Å². The van der Waals surface area contributed by atoms with E-state index in [4.69, 9.17) is 0 Å². The maximum Gasteiger partial charge on any atom is 3.00 e. The van der Waals surface area contributed by atoms with Gasteiger partial charge in [-0.2, -0.15) is 0 Å². The van der Waals surface area contributed by atoms with E-state index in [1.54, 1.807) is 0 Å². The summed E-state index contributed by atoms with van der Waals surface area (Å²) in [6, 6.07) is 0. The molecule has 0 aromatic carbocycles. The van der Waals surface area contributed by atoms with Crippen molar-refractivity contribution < 1.29 is 313 Å². The third kappa shape index (κ3) is 6870. The molecular weight excluding hydrogens is 1170 g/mol. The maximum atomic E-state index is 0. The Balaban J connectivity index is 0. The van der Waals surface area contributed by atoms with Crippen LogP contribution in [0.3, 0.4) is 0 Å². The molecule has 0 atom stereocenters. The van der Waals surface area contributed by atoms with E-state index < -0.39 is 0 Å². The first-order valence-electron chi connectivity index (χ1n) is 0. The number of hydrogen-bond donors (Lipinski definition) is 3. The first-order chi connectivity index (χ1) is 0. The first-order valence-corrected chi connectivity index (χ1v) is 0. The molecule has 41 heavy (non-hydrogen) atoms. The van der Waals surface area contributed by atoms with Crippen LogP contribution in [0.4, 0.5) is 0 Å². The van der Waals surface area contributed by atoms with Crippen LogP contribution in [0.25, 0.3) is 0 Å². The molecule has 0 fully saturated rings. The Labute approximate surface area is 328 Å². The van der Waals surface area contributed by atoms with E-state index in [0.29, 0.717) is 0 Å². The van der Waals surface area contributed by atoms with Gasteiger partial charge in [-0.05, 0) is 0 Å². The van der Waals surface area contributed by atoms with Crippen LogP contribution in [0, 0.1) is 0 Å². The Bertz CT molecular complexity index is 45.8. The van der Waals surface area contributed by atoms with Gasteiger partial charge < -0.3 is 188 Å².